The van der Waals surface area contributed by atoms with E-state index in [1.165, 1.54) is 25.3 Å². The smallest absolute Gasteiger partial charge is 0.237 e. The molecule has 2 aromatic rings. The van der Waals surface area contributed by atoms with E-state index in [1.54, 1.807) is 6.92 Å². The maximum Gasteiger partial charge on any atom is 0.237 e. The van der Waals surface area contributed by atoms with E-state index in [9.17, 15) is 44.7 Å². The van der Waals surface area contributed by atoms with Crippen LogP contribution in [0, 0.1) is 5.92 Å². The molecule has 7 atom stereocenters. The molecule has 0 saturated carbocycles. The predicted molar refractivity (Wildman–Crippen MR) is 163 cm³/mol. The van der Waals surface area contributed by atoms with Crippen molar-refractivity contribution in [3.63, 3.8) is 0 Å². The summed E-state index contributed by atoms with van der Waals surface area (Å²) in [5, 5.41) is 57.8. The molecular weight excluding hydrogens is 616 g/mol. The molecule has 8 N–H and O–H groups in total. The number of ether oxygens (including phenoxy) is 3. The molecule has 5 unspecified atom stereocenters. The summed E-state index contributed by atoms with van der Waals surface area (Å²) >= 11 is 0. The van der Waals surface area contributed by atoms with Crippen LogP contribution in [0.25, 0.3) is 0 Å². The van der Waals surface area contributed by atoms with Crippen LogP contribution < -0.4 is 15.8 Å². The number of aromatic hydroxyl groups is 2. The molecule has 14 nitrogen and oxygen atoms in total. The van der Waals surface area contributed by atoms with Crippen molar-refractivity contribution >= 4 is 23.3 Å². The van der Waals surface area contributed by atoms with E-state index in [4.69, 9.17) is 19.9 Å². The summed E-state index contributed by atoms with van der Waals surface area (Å²) in [6.07, 6.45) is -5.56. The van der Waals surface area contributed by atoms with Gasteiger partial charge < -0.3 is 50.8 Å². The number of ketones is 3. The highest BCUT2D eigenvalue weighted by Gasteiger charge is 2.50. The third-order valence-electron chi connectivity index (χ3n) is 9.15. The van der Waals surface area contributed by atoms with Crippen molar-refractivity contribution < 1.29 is 58.9 Å². The van der Waals surface area contributed by atoms with Crippen molar-refractivity contribution in [3.8, 4) is 17.2 Å². The standard InChI is InChI=1S/C33H40N2O12/c1-13(2)8-17(34)32(43)35-18-9-22(46-14(3)27(18)38)47-20-11-33(44,21(37)12-36)10-16-24(20)31(42)26-25(29(16)40)28(39)15-6-5-7-19(45-4)23(15)30(26)41/h5-7,13-14,17-18,20,22,27,36,38,40,42,44H,8-12,34H2,1-4H3,(H,35,43)/t14?,17?,18?,20-,22?,27?,33-/m0/s1. The first-order chi connectivity index (χ1) is 22.1. The normalized spacial score (nSPS) is 27.5. The number of hydrogen-bond donors (Lipinski definition) is 7. The number of methoxy groups -OCH3 is 1. The molecule has 3 aliphatic rings. The monoisotopic (exact) mass is 656 g/mol. The minimum absolute atomic E-state index is 0.0724. The summed E-state index contributed by atoms with van der Waals surface area (Å²) in [7, 11) is 1.31. The van der Waals surface area contributed by atoms with Gasteiger partial charge in [-0.3, -0.25) is 19.2 Å². The van der Waals surface area contributed by atoms with Crippen LogP contribution in [-0.2, 0) is 25.5 Å². The largest absolute Gasteiger partial charge is 0.507 e. The second-order valence-corrected chi connectivity index (χ2v) is 12.8. The Kier molecular flexibility index (Phi) is 9.48. The quantitative estimate of drug-likeness (QED) is 0.156. The van der Waals surface area contributed by atoms with Crippen molar-refractivity contribution in [1.29, 1.82) is 0 Å². The number of phenols is 2. The number of aliphatic hydroxyl groups excluding tert-OH is 2. The van der Waals surface area contributed by atoms with Crippen molar-refractivity contribution in [2.75, 3.05) is 13.7 Å². The zero-order valence-corrected chi connectivity index (χ0v) is 26.5. The van der Waals surface area contributed by atoms with Crippen molar-refractivity contribution in [2.45, 2.75) is 88.7 Å². The highest BCUT2D eigenvalue weighted by molar-refractivity contribution is 6.31. The topological polar surface area (TPSA) is 235 Å². The average molecular weight is 657 g/mol. The Balaban J connectivity index is 1.56. The fourth-order valence-corrected chi connectivity index (χ4v) is 6.76. The fourth-order valence-electron chi connectivity index (χ4n) is 6.76. The van der Waals surface area contributed by atoms with Gasteiger partial charge in [0.05, 0.1) is 48.1 Å². The Labute approximate surface area is 270 Å². The molecule has 0 bridgehead atoms. The van der Waals surface area contributed by atoms with Crippen LogP contribution in [-0.4, -0.2) is 98.7 Å². The van der Waals surface area contributed by atoms with Crippen LogP contribution in [0.5, 0.6) is 17.2 Å². The van der Waals surface area contributed by atoms with E-state index < -0.39 is 108 Å². The number of nitrogens with two attached hydrogens (primary N) is 1. The lowest BCUT2D eigenvalue weighted by Crippen LogP contribution is -2.58. The lowest BCUT2D eigenvalue weighted by atomic mass is 9.72. The van der Waals surface area contributed by atoms with Gasteiger partial charge >= 0.3 is 0 Å². The first-order valence-electron chi connectivity index (χ1n) is 15.4. The van der Waals surface area contributed by atoms with Gasteiger partial charge in [-0.05, 0) is 25.3 Å². The zero-order valence-electron chi connectivity index (χ0n) is 26.5. The molecule has 5 rings (SSSR count). The van der Waals surface area contributed by atoms with Crippen LogP contribution in [0.1, 0.15) is 89.1 Å². The molecule has 0 aromatic heterocycles. The van der Waals surface area contributed by atoms with Gasteiger partial charge in [0.1, 0.15) is 35.6 Å². The van der Waals surface area contributed by atoms with E-state index in [2.05, 4.69) is 5.32 Å². The van der Waals surface area contributed by atoms with Gasteiger partial charge in [0.25, 0.3) is 0 Å². The Morgan fingerprint density at radius 2 is 1.81 bits per heavy atom. The molecule has 47 heavy (non-hydrogen) atoms. The molecule has 1 aliphatic heterocycles. The van der Waals surface area contributed by atoms with E-state index >= 15 is 0 Å². The van der Waals surface area contributed by atoms with Gasteiger partial charge in [-0.15, -0.1) is 0 Å². The molecular formula is C33H40N2O12. The highest BCUT2D eigenvalue weighted by atomic mass is 16.7. The summed E-state index contributed by atoms with van der Waals surface area (Å²) in [4.78, 5) is 53.1. The second kappa shape index (κ2) is 12.9. The summed E-state index contributed by atoms with van der Waals surface area (Å²) in [5.41, 5.74) is 2.10. The molecule has 2 aromatic carbocycles. The first-order valence-corrected chi connectivity index (χ1v) is 15.4. The number of rotatable bonds is 9. The second-order valence-electron chi connectivity index (χ2n) is 12.8. The summed E-state index contributed by atoms with van der Waals surface area (Å²) in [6, 6.07) is 2.61. The van der Waals surface area contributed by atoms with Crippen LogP contribution in [0.2, 0.25) is 0 Å². The van der Waals surface area contributed by atoms with Gasteiger partial charge in [0, 0.05) is 36.0 Å². The molecule has 2 aliphatic carbocycles. The molecule has 1 amide bonds. The molecule has 14 heteroatoms. The summed E-state index contributed by atoms with van der Waals surface area (Å²) < 4.78 is 17.4. The summed E-state index contributed by atoms with van der Waals surface area (Å²) in [5.74, 6) is -4.34. The minimum atomic E-state index is -2.32. The molecule has 1 fully saturated rings. The number of Topliss-reactive ketones (excluding diaryl/α,β-unsaturated/α-hetero) is 1. The number of nitrogens with one attached hydrogen (secondary N) is 1. The zero-order chi connectivity index (χ0) is 34.5. The number of phenolic OH excluding ortho intramolecular Hbond substituents is 2. The highest BCUT2D eigenvalue weighted by Crippen LogP contribution is 2.52. The van der Waals surface area contributed by atoms with Crippen LogP contribution >= 0.6 is 0 Å². The Morgan fingerprint density at radius 3 is 2.45 bits per heavy atom. The average Bonchev–Trinajstić information content (AvgIpc) is 3.02. The molecule has 254 valence electrons. The lowest BCUT2D eigenvalue weighted by molar-refractivity contribution is -0.249. The van der Waals surface area contributed by atoms with Crippen molar-refractivity contribution in [2.24, 2.45) is 11.7 Å². The number of amides is 1. The van der Waals surface area contributed by atoms with E-state index in [0.717, 1.165) is 0 Å². The summed E-state index contributed by atoms with van der Waals surface area (Å²) in [6.45, 7) is 4.31. The fraction of sp³-hybridized carbons (Fsp3) is 0.515. The van der Waals surface area contributed by atoms with Gasteiger partial charge in [-0.2, -0.15) is 0 Å². The molecule has 0 spiro atoms. The molecule has 1 heterocycles. The Morgan fingerprint density at radius 1 is 1.13 bits per heavy atom. The molecule has 1 saturated heterocycles. The van der Waals surface area contributed by atoms with Crippen molar-refractivity contribution in [3.05, 3.63) is 51.6 Å². The minimum Gasteiger partial charge on any atom is -0.507 e. The first kappa shape index (κ1) is 34.4. The number of carbonyl (C=O) groups excluding carboxylic acids is 4. The number of aliphatic hydroxyl groups is 3. The third kappa shape index (κ3) is 6.01. The number of carbonyl (C=O) groups is 4. The number of hydrogen-bond acceptors (Lipinski definition) is 13. The lowest BCUT2D eigenvalue weighted by Gasteiger charge is -2.43. The SMILES string of the molecule is COc1cccc2c1C(=O)c1c(O)c3c(c(O)c1C2=O)C[C@@](O)(C(=O)CO)C[C@@H]3OC1CC(NC(=O)C(N)CC(C)C)C(O)C(C)O1. The number of benzene rings is 2. The van der Waals surface area contributed by atoms with Crippen LogP contribution in [0.4, 0.5) is 0 Å². The van der Waals surface area contributed by atoms with Crippen LogP contribution in [0.15, 0.2) is 18.2 Å². The van der Waals surface area contributed by atoms with E-state index in [-0.39, 0.29) is 40.3 Å². The Bertz CT molecular complexity index is 1620. The number of fused-ring (bicyclic) bond motifs is 3. The maximum absolute atomic E-state index is 13.8. The van der Waals surface area contributed by atoms with Gasteiger partial charge in [-0.25, -0.2) is 0 Å². The van der Waals surface area contributed by atoms with E-state index in [0.29, 0.717) is 6.42 Å². The van der Waals surface area contributed by atoms with Gasteiger partial charge in [-0.1, -0.05) is 26.0 Å². The predicted octanol–water partition coefficient (Wildman–Crippen LogP) is 0.532. The Hall–Kier alpha value is -3.92. The van der Waals surface area contributed by atoms with Gasteiger partial charge in [0.2, 0.25) is 11.7 Å². The van der Waals surface area contributed by atoms with Gasteiger partial charge in [0.15, 0.2) is 17.9 Å². The van der Waals surface area contributed by atoms with E-state index in [1.807, 2.05) is 13.8 Å². The van der Waals surface area contributed by atoms with Crippen molar-refractivity contribution in [1.82, 2.24) is 5.32 Å². The third-order valence-corrected chi connectivity index (χ3v) is 9.15. The maximum atomic E-state index is 13.8. The van der Waals surface area contributed by atoms with Crippen LogP contribution in [0.3, 0.4) is 0 Å². The molecule has 0 radical (unpaired) electrons.